The number of guanidine groups is 1. The summed E-state index contributed by atoms with van der Waals surface area (Å²) in [7, 11) is 3.76. The third-order valence-corrected chi connectivity index (χ3v) is 11.2. The number of carbonyl (C=O) groups is 1. The molecule has 7 heteroatoms. The maximum atomic E-state index is 12.4. The van der Waals surface area contributed by atoms with Gasteiger partial charge in [0.1, 0.15) is 23.2 Å². The van der Waals surface area contributed by atoms with Crippen molar-refractivity contribution in [3.63, 3.8) is 0 Å². The minimum absolute atomic E-state index is 0. The summed E-state index contributed by atoms with van der Waals surface area (Å²) in [5.41, 5.74) is 5.46. The number of carbonyl (C=O) groups excluding carboxylic acids is 1. The van der Waals surface area contributed by atoms with Crippen molar-refractivity contribution in [3.8, 4) is 0 Å². The molecule has 0 atom stereocenters. The van der Waals surface area contributed by atoms with E-state index < -0.39 is 7.26 Å². The predicted molar refractivity (Wildman–Crippen MR) is 161 cm³/mol. The third-order valence-electron chi connectivity index (χ3n) is 6.65. The molecule has 6 nitrogen and oxygen atoms in total. The molecular weight excluding hydrogens is 477 g/mol. The molecule has 198 valence electrons. The van der Waals surface area contributed by atoms with Gasteiger partial charge < -0.3 is 27.9 Å². The van der Waals surface area contributed by atoms with Gasteiger partial charge in [-0.2, -0.15) is 0 Å². The largest absolute Gasteiger partial charge is 0.370 e. The molecule has 3 aromatic rings. The van der Waals surface area contributed by atoms with Crippen molar-refractivity contribution in [2.75, 3.05) is 53.5 Å². The van der Waals surface area contributed by atoms with Crippen LogP contribution < -0.4 is 21.6 Å². The van der Waals surface area contributed by atoms with E-state index in [1.165, 1.54) is 20.8 Å². The average Bonchev–Trinajstić information content (AvgIpc) is 2.91. The second-order valence-corrected chi connectivity index (χ2v) is 12.9. The minimum Gasteiger partial charge on any atom is -0.370 e. The smallest absolute Gasteiger partial charge is 0.241 e. The van der Waals surface area contributed by atoms with Gasteiger partial charge in [0.15, 0.2) is 5.96 Å². The molecule has 0 saturated heterocycles. The summed E-state index contributed by atoms with van der Waals surface area (Å²) in [6.07, 6.45) is 2.13. The zero-order chi connectivity index (χ0) is 26.0. The summed E-state index contributed by atoms with van der Waals surface area (Å²) in [5.74, 6) is -0.140. The number of hydrogen-bond acceptors (Lipinski definition) is 3. The first-order valence-electron chi connectivity index (χ1n) is 12.4. The second kappa shape index (κ2) is 14.5. The molecule has 0 aliphatic carbocycles. The van der Waals surface area contributed by atoms with Gasteiger partial charge in [-0.15, -0.1) is 0 Å². The molecule has 3 N–H and O–H groups in total. The number of benzene rings is 3. The van der Waals surface area contributed by atoms with Crippen LogP contribution >= 0.6 is 7.26 Å². The minimum atomic E-state index is -1.82. The van der Waals surface area contributed by atoms with Gasteiger partial charge in [-0.25, -0.2) is 0 Å². The maximum absolute atomic E-state index is 12.4. The number of rotatable bonds is 12. The van der Waals surface area contributed by atoms with E-state index in [1.54, 1.807) is 19.0 Å². The van der Waals surface area contributed by atoms with E-state index in [2.05, 4.69) is 103 Å². The summed E-state index contributed by atoms with van der Waals surface area (Å²) < 4.78 is 0. The fourth-order valence-corrected chi connectivity index (χ4v) is 8.75. The Kier molecular flexibility index (Phi) is 11.8. The molecule has 0 fully saturated rings. The van der Waals surface area contributed by atoms with E-state index in [1.807, 2.05) is 0 Å². The lowest BCUT2D eigenvalue weighted by molar-refractivity contribution is -0.130. The Balaban J connectivity index is 0.00000481. The number of nitrogens with one attached hydrogen (secondary N) is 1. The number of nitrogens with zero attached hydrogens (tertiary/aromatic N) is 3. The predicted octanol–water partition coefficient (Wildman–Crippen LogP) is 3.04. The van der Waals surface area contributed by atoms with E-state index in [9.17, 15) is 4.79 Å². The Labute approximate surface area is 223 Å². The van der Waals surface area contributed by atoms with Crippen LogP contribution in [-0.4, -0.2) is 80.1 Å². The molecule has 0 heterocycles. The van der Waals surface area contributed by atoms with Crippen molar-refractivity contribution in [1.29, 1.82) is 5.41 Å². The van der Waals surface area contributed by atoms with Gasteiger partial charge >= 0.3 is 0 Å². The molecule has 3 rings (SSSR count). The van der Waals surface area contributed by atoms with Gasteiger partial charge in [-0.1, -0.05) is 54.6 Å². The van der Waals surface area contributed by atoms with Crippen molar-refractivity contribution in [3.05, 3.63) is 98.4 Å². The van der Waals surface area contributed by atoms with Gasteiger partial charge in [0.25, 0.3) is 0 Å². The normalized spacial score (nSPS) is 11.0. The molecule has 0 radical (unpaired) electrons. The third kappa shape index (κ3) is 7.88. The van der Waals surface area contributed by atoms with Gasteiger partial charge in [0, 0.05) is 33.7 Å². The molecule has 0 aliphatic rings. The molecule has 0 aromatic heterocycles. The fourth-order valence-electron chi connectivity index (χ4n) is 4.43. The highest BCUT2D eigenvalue weighted by Crippen LogP contribution is 2.55. The number of likely N-dealkylation sites (N-methyl/N-ethyl adjacent to an activating group) is 3. The first-order valence-corrected chi connectivity index (χ1v) is 14.3. The van der Waals surface area contributed by atoms with Crippen LogP contribution in [0.25, 0.3) is 0 Å². The van der Waals surface area contributed by atoms with Crippen LogP contribution in [0.4, 0.5) is 0 Å². The first kappa shape index (κ1) is 30.0. The standard InChI is InChI=1S/C29H39N5OP.CH3/c1-32(21-22-33(2)28(35)24-34(3)29(30)31)20-13-23-36(25-14-7-4-8-15-25,26-16-9-5-10-17-26)27-18-11-6-12-19-27;/h4-12,14-19H,13,20-24H2,1-3H3,(H3,30,31);1H3/q+1;-1. The molecular formula is C30H42N5OP. The van der Waals surface area contributed by atoms with E-state index in [4.69, 9.17) is 11.1 Å². The van der Waals surface area contributed by atoms with Gasteiger partial charge in [-0.05, 0) is 49.9 Å². The fraction of sp³-hybridized carbons (Fsp3) is 0.300. The van der Waals surface area contributed by atoms with Crippen LogP contribution in [0.3, 0.4) is 0 Å². The summed E-state index contributed by atoms with van der Waals surface area (Å²) in [6.45, 7) is 2.49. The summed E-state index contributed by atoms with van der Waals surface area (Å²) in [5, 5.41) is 11.7. The van der Waals surface area contributed by atoms with E-state index >= 15 is 0 Å². The van der Waals surface area contributed by atoms with E-state index in [0.717, 1.165) is 25.7 Å². The van der Waals surface area contributed by atoms with Gasteiger partial charge in [0.05, 0.1) is 12.7 Å². The number of hydrogen-bond donors (Lipinski definition) is 2. The van der Waals surface area contributed by atoms with Crippen molar-refractivity contribution >= 4 is 35.0 Å². The summed E-state index contributed by atoms with van der Waals surface area (Å²) in [4.78, 5) is 17.9. The monoisotopic (exact) mass is 519 g/mol. The van der Waals surface area contributed by atoms with Crippen LogP contribution in [0, 0.1) is 12.8 Å². The molecule has 0 spiro atoms. The van der Waals surface area contributed by atoms with E-state index in [0.29, 0.717) is 6.54 Å². The summed E-state index contributed by atoms with van der Waals surface area (Å²) >= 11 is 0. The molecule has 0 unspecified atom stereocenters. The Morgan fingerprint density at radius 1 is 0.730 bits per heavy atom. The van der Waals surface area contributed by atoms with Crippen molar-refractivity contribution in [1.82, 2.24) is 14.7 Å². The van der Waals surface area contributed by atoms with Crippen LogP contribution in [0.1, 0.15) is 6.42 Å². The number of nitrogens with two attached hydrogens (primary N) is 1. The molecule has 3 aromatic carbocycles. The molecule has 1 amide bonds. The first-order chi connectivity index (χ1) is 17.3. The number of amides is 1. The Morgan fingerprint density at radius 2 is 1.16 bits per heavy atom. The molecule has 0 aliphatic heterocycles. The topological polar surface area (TPSA) is 76.7 Å². The highest BCUT2D eigenvalue weighted by Gasteiger charge is 2.44. The van der Waals surface area contributed by atoms with Crippen molar-refractivity contribution in [2.45, 2.75) is 6.42 Å². The highest BCUT2D eigenvalue weighted by molar-refractivity contribution is 7.95. The SMILES string of the molecule is CN(CCC[P+](c1ccccc1)(c1ccccc1)c1ccccc1)CCN(C)C(=O)CN(C)C(=N)N.[CH3-]. The Bertz CT molecular complexity index is 998. The Hall–Kier alpha value is -3.21. The summed E-state index contributed by atoms with van der Waals surface area (Å²) in [6, 6.07) is 32.9. The van der Waals surface area contributed by atoms with E-state index in [-0.39, 0.29) is 25.8 Å². The van der Waals surface area contributed by atoms with Gasteiger partial charge in [-0.3, -0.25) is 10.2 Å². The van der Waals surface area contributed by atoms with Crippen LogP contribution in [-0.2, 0) is 4.79 Å². The average molecular weight is 520 g/mol. The lowest BCUT2D eigenvalue weighted by Gasteiger charge is -2.29. The van der Waals surface area contributed by atoms with Crippen molar-refractivity contribution in [2.24, 2.45) is 5.73 Å². The zero-order valence-electron chi connectivity index (χ0n) is 22.7. The van der Waals surface area contributed by atoms with Crippen LogP contribution in [0.5, 0.6) is 0 Å². The molecule has 0 bridgehead atoms. The maximum Gasteiger partial charge on any atom is 0.241 e. The van der Waals surface area contributed by atoms with Gasteiger partial charge in [0.2, 0.25) is 5.91 Å². The van der Waals surface area contributed by atoms with Crippen LogP contribution in [0.15, 0.2) is 91.0 Å². The second-order valence-electron chi connectivity index (χ2n) is 9.25. The Morgan fingerprint density at radius 3 is 1.57 bits per heavy atom. The quantitative estimate of drug-likeness (QED) is 0.167. The zero-order valence-corrected chi connectivity index (χ0v) is 23.6. The lowest BCUT2D eigenvalue weighted by atomic mass is 10.3. The molecule has 37 heavy (non-hydrogen) atoms. The molecule has 0 saturated carbocycles. The van der Waals surface area contributed by atoms with Crippen LogP contribution in [0.2, 0.25) is 0 Å². The lowest BCUT2D eigenvalue weighted by Crippen LogP contribution is -2.43. The highest BCUT2D eigenvalue weighted by atomic mass is 31.2. The van der Waals surface area contributed by atoms with Crippen molar-refractivity contribution < 1.29 is 4.79 Å².